The molecule has 2 fully saturated rings. The Morgan fingerprint density at radius 1 is 1.11 bits per heavy atom. The average molecular weight is 424 g/mol. The first-order valence-corrected chi connectivity index (χ1v) is 12.2. The molecule has 6 heteroatoms. The van der Waals surface area contributed by atoms with Crippen molar-refractivity contribution >= 4 is 38.8 Å². The molecule has 3 aliphatic rings. The lowest BCUT2D eigenvalue weighted by atomic mass is 9.95. The number of halogens is 1. The van der Waals surface area contributed by atoms with Gasteiger partial charge in [0.2, 0.25) is 0 Å². The number of rotatable bonds is 2. The van der Waals surface area contributed by atoms with E-state index in [9.17, 15) is 0 Å². The molecule has 0 atom stereocenters. The highest BCUT2D eigenvalue weighted by atomic mass is 35.5. The van der Waals surface area contributed by atoms with Gasteiger partial charge in [0.25, 0.3) is 0 Å². The van der Waals surface area contributed by atoms with Crippen LogP contribution in [-0.2, 0) is 17.6 Å². The lowest BCUT2D eigenvalue weighted by Crippen LogP contribution is -2.30. The van der Waals surface area contributed by atoms with E-state index in [0.717, 1.165) is 31.1 Å². The molecule has 0 radical (unpaired) electrons. The number of hydrogen-bond acceptors (Lipinski definition) is 5. The van der Waals surface area contributed by atoms with Gasteiger partial charge in [-0.25, -0.2) is 4.98 Å². The molecule has 2 aliphatic carbocycles. The van der Waals surface area contributed by atoms with E-state index in [2.05, 4.69) is 15.6 Å². The summed E-state index contributed by atoms with van der Waals surface area (Å²) in [5.74, 6) is 0. The van der Waals surface area contributed by atoms with Crippen molar-refractivity contribution in [2.75, 3.05) is 31.6 Å². The molecule has 1 saturated carbocycles. The molecule has 3 heterocycles. The molecule has 0 aromatic carbocycles. The van der Waals surface area contributed by atoms with Crippen LogP contribution in [0.2, 0.25) is 5.15 Å². The summed E-state index contributed by atoms with van der Waals surface area (Å²) < 4.78 is 5.01. The van der Waals surface area contributed by atoms with E-state index in [4.69, 9.17) is 16.3 Å². The molecule has 156 valence electrons. The Kier molecular flexibility index (Phi) is 8.84. The number of aromatic nitrogens is 1. The topological polar surface area (TPSA) is 46.2 Å². The minimum Gasteiger partial charge on any atom is -0.382 e. The van der Waals surface area contributed by atoms with Gasteiger partial charge in [0.15, 0.2) is 0 Å². The largest absolute Gasteiger partial charge is 0.382 e. The lowest BCUT2D eigenvalue weighted by molar-refractivity contribution is 0.109. The second-order valence-electron chi connectivity index (χ2n) is 7.37. The Bertz CT molecular complexity index is 727. The minimum absolute atomic E-state index is 0.613. The van der Waals surface area contributed by atoms with Gasteiger partial charge >= 0.3 is 0 Å². The molecule has 2 aromatic rings. The predicted octanol–water partition coefficient (Wildman–Crippen LogP) is 5.82. The van der Waals surface area contributed by atoms with Gasteiger partial charge in [0, 0.05) is 35.1 Å². The molecule has 0 amide bonds. The van der Waals surface area contributed by atoms with Crippen LogP contribution in [-0.4, -0.2) is 37.3 Å². The normalized spacial score (nSPS) is 19.2. The summed E-state index contributed by atoms with van der Waals surface area (Å²) in [7, 11) is 0. The number of ether oxygens (including phenoxy) is 1. The van der Waals surface area contributed by atoms with Crippen LogP contribution in [0.15, 0.2) is 6.07 Å². The highest BCUT2D eigenvalue weighted by Gasteiger charge is 2.22. The van der Waals surface area contributed by atoms with Crippen molar-refractivity contribution in [3.8, 4) is 0 Å². The maximum atomic E-state index is 6.22. The number of aryl methyl sites for hydroxylation is 2. The molecular formula is C22H34ClN3OS. The van der Waals surface area contributed by atoms with E-state index in [1.807, 2.05) is 31.3 Å². The lowest BCUT2D eigenvalue weighted by Gasteiger charge is -2.24. The van der Waals surface area contributed by atoms with Gasteiger partial charge in [-0.15, -0.1) is 11.3 Å². The molecule has 28 heavy (non-hydrogen) atoms. The highest BCUT2D eigenvalue weighted by Crippen LogP contribution is 2.41. The monoisotopic (exact) mass is 423 g/mol. The summed E-state index contributed by atoms with van der Waals surface area (Å²) in [4.78, 5) is 7.19. The van der Waals surface area contributed by atoms with Crippen molar-refractivity contribution in [3.05, 3.63) is 21.7 Å². The Morgan fingerprint density at radius 3 is 2.50 bits per heavy atom. The quantitative estimate of drug-likeness (QED) is 0.598. The number of anilines is 1. The predicted molar refractivity (Wildman–Crippen MR) is 122 cm³/mol. The standard InChI is InChI=1S/C16H19ClN2S.C4H9NO.C2H6/c17-14-9-12(18-10-5-2-1-3-6-10)15-11-7-4-8-13(11)20-16(15)19-14;1-3-6-4-2-5-1;1-2/h9-10H,1-8H2,(H,18,19);5H,1-4H2;1-2H3. The molecule has 5 rings (SSSR count). The van der Waals surface area contributed by atoms with Crippen LogP contribution in [0.4, 0.5) is 5.69 Å². The van der Waals surface area contributed by atoms with E-state index in [-0.39, 0.29) is 0 Å². The third-order valence-electron chi connectivity index (χ3n) is 5.46. The number of hydrogen-bond donors (Lipinski definition) is 2. The zero-order chi connectivity index (χ0) is 19.8. The third-order valence-corrected chi connectivity index (χ3v) is 6.83. The number of thiophene rings is 1. The fraction of sp³-hybridized carbons (Fsp3) is 0.682. The van der Waals surface area contributed by atoms with Crippen LogP contribution in [0.3, 0.4) is 0 Å². The Hall–Kier alpha value is -0.880. The number of fused-ring (bicyclic) bond motifs is 3. The van der Waals surface area contributed by atoms with Crippen molar-refractivity contribution in [2.24, 2.45) is 0 Å². The second-order valence-corrected chi connectivity index (χ2v) is 8.84. The smallest absolute Gasteiger partial charge is 0.132 e. The Balaban J connectivity index is 0.000000239. The van der Waals surface area contributed by atoms with E-state index < -0.39 is 0 Å². The molecule has 0 bridgehead atoms. The fourth-order valence-electron chi connectivity index (χ4n) is 4.16. The molecule has 1 saturated heterocycles. The molecule has 4 nitrogen and oxygen atoms in total. The Morgan fingerprint density at radius 2 is 1.86 bits per heavy atom. The summed E-state index contributed by atoms with van der Waals surface area (Å²) in [6.07, 6.45) is 10.4. The molecule has 1 aliphatic heterocycles. The van der Waals surface area contributed by atoms with Crippen molar-refractivity contribution in [2.45, 2.75) is 71.3 Å². The van der Waals surface area contributed by atoms with E-state index >= 15 is 0 Å². The van der Waals surface area contributed by atoms with Crippen LogP contribution >= 0.6 is 22.9 Å². The molecule has 0 unspecified atom stereocenters. The average Bonchev–Trinajstić information content (AvgIpc) is 3.33. The zero-order valence-electron chi connectivity index (χ0n) is 17.3. The van der Waals surface area contributed by atoms with E-state index in [1.54, 1.807) is 0 Å². The van der Waals surface area contributed by atoms with Crippen LogP contribution in [0, 0.1) is 0 Å². The van der Waals surface area contributed by atoms with Gasteiger partial charge in [0.05, 0.1) is 13.2 Å². The SMILES string of the molecule is C1COCCN1.CC.Clc1cc(NC2CCCCC2)c2c3c(sc2n1)CCC3. The van der Waals surface area contributed by atoms with E-state index in [1.165, 1.54) is 72.9 Å². The van der Waals surface area contributed by atoms with Crippen molar-refractivity contribution in [3.63, 3.8) is 0 Å². The van der Waals surface area contributed by atoms with Gasteiger partial charge in [-0.1, -0.05) is 44.7 Å². The molecular weight excluding hydrogens is 390 g/mol. The van der Waals surface area contributed by atoms with Crippen molar-refractivity contribution in [1.82, 2.24) is 10.3 Å². The number of pyridine rings is 1. The van der Waals surface area contributed by atoms with Gasteiger partial charge in [-0.05, 0) is 43.7 Å². The maximum Gasteiger partial charge on any atom is 0.132 e. The van der Waals surface area contributed by atoms with Crippen LogP contribution in [0.5, 0.6) is 0 Å². The van der Waals surface area contributed by atoms with Gasteiger partial charge in [0.1, 0.15) is 9.98 Å². The first kappa shape index (κ1) is 21.8. The summed E-state index contributed by atoms with van der Waals surface area (Å²) >= 11 is 8.06. The summed E-state index contributed by atoms with van der Waals surface area (Å²) in [5.41, 5.74) is 2.76. The van der Waals surface area contributed by atoms with Crippen molar-refractivity contribution < 1.29 is 4.74 Å². The maximum absolute atomic E-state index is 6.22. The third kappa shape index (κ3) is 5.59. The van der Waals surface area contributed by atoms with Crippen molar-refractivity contribution in [1.29, 1.82) is 0 Å². The first-order valence-electron chi connectivity index (χ1n) is 11.0. The number of nitrogens with one attached hydrogen (secondary N) is 2. The van der Waals surface area contributed by atoms with E-state index in [0.29, 0.717) is 11.2 Å². The second kappa shape index (κ2) is 11.3. The van der Waals surface area contributed by atoms with Gasteiger partial charge in [-0.2, -0.15) is 0 Å². The number of nitrogens with zero attached hydrogens (tertiary/aromatic N) is 1. The van der Waals surface area contributed by atoms with Crippen LogP contribution in [0.1, 0.15) is 62.8 Å². The Labute approximate surface area is 178 Å². The van der Waals surface area contributed by atoms with Gasteiger partial charge < -0.3 is 15.4 Å². The minimum atomic E-state index is 0.613. The highest BCUT2D eigenvalue weighted by molar-refractivity contribution is 7.19. The molecule has 2 N–H and O–H groups in total. The van der Waals surface area contributed by atoms with Crippen LogP contribution in [0.25, 0.3) is 10.2 Å². The zero-order valence-corrected chi connectivity index (χ0v) is 18.9. The van der Waals surface area contributed by atoms with Gasteiger partial charge in [-0.3, -0.25) is 0 Å². The first-order chi connectivity index (χ1) is 13.8. The fourth-order valence-corrected chi connectivity index (χ4v) is 5.69. The summed E-state index contributed by atoms with van der Waals surface area (Å²) in [6, 6.07) is 2.64. The molecule has 2 aromatic heterocycles. The van der Waals surface area contributed by atoms with Crippen LogP contribution < -0.4 is 10.6 Å². The summed E-state index contributed by atoms with van der Waals surface area (Å²) in [6.45, 7) is 7.83. The summed E-state index contributed by atoms with van der Waals surface area (Å²) in [5, 5.41) is 8.90. The molecule has 0 spiro atoms. The number of morpholine rings is 1.